The Labute approximate surface area is 133 Å². The van der Waals surface area contributed by atoms with Crippen LogP contribution in [0.25, 0.3) is 0 Å². The minimum Gasteiger partial charge on any atom is -0.465 e. The van der Waals surface area contributed by atoms with Gasteiger partial charge in [-0.05, 0) is 18.6 Å². The fourth-order valence-electron chi connectivity index (χ4n) is 1.69. The number of rotatable bonds is 7. The highest BCUT2D eigenvalue weighted by Crippen LogP contribution is 2.28. The van der Waals surface area contributed by atoms with Crippen LogP contribution < -0.4 is 5.73 Å². The zero-order valence-electron chi connectivity index (χ0n) is 12.0. The van der Waals surface area contributed by atoms with Crippen molar-refractivity contribution in [2.24, 2.45) is 5.73 Å². The standard InChI is InChI=1S/C14H18ClNO4S/c1-3-20-14(18)11-9(8-21-7-6-16)4-5-10(12(11)15)13(17)19-2/h4-5H,3,6-8,16H2,1-2H3. The number of carbonyl (C=O) groups is 2. The molecule has 0 aliphatic rings. The fourth-order valence-corrected chi connectivity index (χ4v) is 2.80. The van der Waals surface area contributed by atoms with E-state index >= 15 is 0 Å². The molecule has 116 valence electrons. The van der Waals surface area contributed by atoms with Crippen molar-refractivity contribution >= 4 is 35.3 Å². The van der Waals surface area contributed by atoms with E-state index in [9.17, 15) is 9.59 Å². The van der Waals surface area contributed by atoms with E-state index < -0.39 is 11.9 Å². The molecule has 1 aromatic rings. The summed E-state index contributed by atoms with van der Waals surface area (Å²) in [5.74, 6) is 0.189. The number of halogens is 1. The lowest BCUT2D eigenvalue weighted by atomic mass is 10.0. The first-order valence-corrected chi connectivity index (χ1v) is 7.94. The maximum atomic E-state index is 12.1. The number of hydrogen-bond donors (Lipinski definition) is 1. The van der Waals surface area contributed by atoms with E-state index in [4.69, 9.17) is 22.1 Å². The van der Waals surface area contributed by atoms with Crippen LogP contribution in [0.3, 0.4) is 0 Å². The van der Waals surface area contributed by atoms with E-state index in [0.717, 1.165) is 5.75 Å². The predicted molar refractivity (Wildman–Crippen MR) is 84.0 cm³/mol. The van der Waals surface area contributed by atoms with Gasteiger partial charge >= 0.3 is 11.9 Å². The molecule has 1 rings (SSSR count). The van der Waals surface area contributed by atoms with Crippen LogP contribution in [0.5, 0.6) is 0 Å². The van der Waals surface area contributed by atoms with Crippen molar-refractivity contribution in [2.45, 2.75) is 12.7 Å². The lowest BCUT2D eigenvalue weighted by molar-refractivity contribution is 0.0525. The highest BCUT2D eigenvalue weighted by Gasteiger charge is 2.22. The normalized spacial score (nSPS) is 10.3. The van der Waals surface area contributed by atoms with Gasteiger partial charge in [-0.3, -0.25) is 0 Å². The van der Waals surface area contributed by atoms with Crippen LogP contribution >= 0.6 is 23.4 Å². The van der Waals surface area contributed by atoms with Crippen LogP contribution in [0.15, 0.2) is 12.1 Å². The van der Waals surface area contributed by atoms with Gasteiger partial charge in [-0.2, -0.15) is 11.8 Å². The van der Waals surface area contributed by atoms with Gasteiger partial charge in [-0.1, -0.05) is 17.7 Å². The molecule has 0 unspecified atom stereocenters. The van der Waals surface area contributed by atoms with Gasteiger partial charge in [0.25, 0.3) is 0 Å². The summed E-state index contributed by atoms with van der Waals surface area (Å²) in [6.07, 6.45) is 0. The molecule has 7 heteroatoms. The lowest BCUT2D eigenvalue weighted by Gasteiger charge is -2.13. The molecule has 0 aromatic heterocycles. The molecular formula is C14H18ClNO4S. The van der Waals surface area contributed by atoms with E-state index in [-0.39, 0.29) is 22.8 Å². The van der Waals surface area contributed by atoms with Gasteiger partial charge in [0.2, 0.25) is 0 Å². The monoisotopic (exact) mass is 331 g/mol. The van der Waals surface area contributed by atoms with Crippen LogP contribution in [-0.2, 0) is 15.2 Å². The largest absolute Gasteiger partial charge is 0.465 e. The molecule has 0 fully saturated rings. The van der Waals surface area contributed by atoms with Crippen molar-refractivity contribution in [1.29, 1.82) is 0 Å². The molecule has 0 aliphatic carbocycles. The summed E-state index contributed by atoms with van der Waals surface area (Å²) in [6.45, 7) is 2.49. The topological polar surface area (TPSA) is 78.6 Å². The van der Waals surface area contributed by atoms with E-state index in [1.54, 1.807) is 30.8 Å². The van der Waals surface area contributed by atoms with Crippen molar-refractivity contribution in [3.05, 3.63) is 33.8 Å². The van der Waals surface area contributed by atoms with Gasteiger partial charge in [-0.15, -0.1) is 0 Å². The van der Waals surface area contributed by atoms with Gasteiger partial charge in [-0.25, -0.2) is 9.59 Å². The molecule has 5 nitrogen and oxygen atoms in total. The van der Waals surface area contributed by atoms with Gasteiger partial charge in [0.15, 0.2) is 0 Å². The Kier molecular flexibility index (Phi) is 7.56. The summed E-state index contributed by atoms with van der Waals surface area (Å²) in [5.41, 5.74) is 6.52. The third kappa shape index (κ3) is 4.62. The molecule has 0 spiro atoms. The number of thioether (sulfide) groups is 1. The van der Waals surface area contributed by atoms with Crippen molar-refractivity contribution in [2.75, 3.05) is 26.0 Å². The molecule has 0 atom stereocenters. The Balaban J connectivity index is 3.21. The minimum absolute atomic E-state index is 0.0612. The second-order valence-electron chi connectivity index (χ2n) is 4.01. The van der Waals surface area contributed by atoms with E-state index in [1.807, 2.05) is 0 Å². The third-order valence-electron chi connectivity index (χ3n) is 2.63. The number of esters is 2. The summed E-state index contributed by atoms with van der Waals surface area (Å²) >= 11 is 7.77. The molecule has 0 bridgehead atoms. The number of methoxy groups -OCH3 is 1. The van der Waals surface area contributed by atoms with Gasteiger partial charge in [0.05, 0.1) is 29.9 Å². The summed E-state index contributed by atoms with van der Waals surface area (Å²) in [5, 5.41) is 0.0612. The molecule has 0 saturated carbocycles. The van der Waals surface area contributed by atoms with Gasteiger partial charge in [0.1, 0.15) is 0 Å². The Morgan fingerprint density at radius 1 is 1.33 bits per heavy atom. The Morgan fingerprint density at radius 2 is 2.05 bits per heavy atom. The lowest BCUT2D eigenvalue weighted by Crippen LogP contribution is -2.13. The van der Waals surface area contributed by atoms with E-state index in [1.165, 1.54) is 7.11 Å². The second kappa shape index (κ2) is 8.92. The van der Waals surface area contributed by atoms with Crippen molar-refractivity contribution in [3.8, 4) is 0 Å². The molecule has 0 heterocycles. The van der Waals surface area contributed by atoms with E-state index in [2.05, 4.69) is 4.74 Å². The van der Waals surface area contributed by atoms with Crippen LogP contribution in [0.1, 0.15) is 33.2 Å². The zero-order chi connectivity index (χ0) is 15.8. The fraction of sp³-hybridized carbons (Fsp3) is 0.429. The first-order valence-electron chi connectivity index (χ1n) is 6.41. The highest BCUT2D eigenvalue weighted by atomic mass is 35.5. The number of hydrogen-bond acceptors (Lipinski definition) is 6. The number of carbonyl (C=O) groups excluding carboxylic acids is 2. The van der Waals surface area contributed by atoms with Crippen LogP contribution in [0.4, 0.5) is 0 Å². The summed E-state index contributed by atoms with van der Waals surface area (Å²) in [4.78, 5) is 23.7. The molecule has 0 saturated heterocycles. The summed E-state index contributed by atoms with van der Waals surface area (Å²) in [7, 11) is 1.26. The molecular weight excluding hydrogens is 314 g/mol. The smallest absolute Gasteiger partial charge is 0.339 e. The van der Waals surface area contributed by atoms with E-state index in [0.29, 0.717) is 17.9 Å². The average molecular weight is 332 g/mol. The minimum atomic E-state index is -0.591. The molecule has 2 N–H and O–H groups in total. The molecule has 0 amide bonds. The molecule has 0 aliphatic heterocycles. The van der Waals surface area contributed by atoms with Crippen LogP contribution in [0.2, 0.25) is 5.02 Å². The zero-order valence-corrected chi connectivity index (χ0v) is 13.6. The van der Waals surface area contributed by atoms with Crippen LogP contribution in [0, 0.1) is 0 Å². The number of nitrogens with two attached hydrogens (primary N) is 1. The van der Waals surface area contributed by atoms with Crippen molar-refractivity contribution in [1.82, 2.24) is 0 Å². The summed E-state index contributed by atoms with van der Waals surface area (Å²) in [6, 6.07) is 3.24. The average Bonchev–Trinajstić information content (AvgIpc) is 2.47. The van der Waals surface area contributed by atoms with Crippen molar-refractivity contribution < 1.29 is 19.1 Å². The van der Waals surface area contributed by atoms with Gasteiger partial charge < -0.3 is 15.2 Å². The number of ether oxygens (including phenoxy) is 2. The third-order valence-corrected chi connectivity index (χ3v) is 4.06. The van der Waals surface area contributed by atoms with Crippen LogP contribution in [-0.4, -0.2) is 38.0 Å². The SMILES string of the molecule is CCOC(=O)c1c(CSCCN)ccc(C(=O)OC)c1Cl. The maximum absolute atomic E-state index is 12.1. The maximum Gasteiger partial charge on any atom is 0.339 e. The number of benzene rings is 1. The Bertz CT molecular complexity index is 522. The molecule has 1 aromatic carbocycles. The quantitative estimate of drug-likeness (QED) is 0.611. The molecule has 0 radical (unpaired) electrons. The highest BCUT2D eigenvalue weighted by molar-refractivity contribution is 7.98. The summed E-state index contributed by atoms with van der Waals surface area (Å²) < 4.78 is 9.67. The van der Waals surface area contributed by atoms with Crippen molar-refractivity contribution in [3.63, 3.8) is 0 Å². The Hall–Kier alpha value is -1.24. The molecule has 21 heavy (non-hydrogen) atoms. The first kappa shape index (κ1) is 17.8. The second-order valence-corrected chi connectivity index (χ2v) is 5.50. The Morgan fingerprint density at radius 3 is 2.62 bits per heavy atom. The predicted octanol–water partition coefficient (Wildman–Crippen LogP) is 2.50. The van der Waals surface area contributed by atoms with Gasteiger partial charge in [0, 0.05) is 18.1 Å². The first-order chi connectivity index (χ1) is 10.1.